The first-order valence-electron chi connectivity index (χ1n) is 7.74. The number of hydrogen-bond acceptors (Lipinski definition) is 2. The molecule has 3 rings (SSSR count). The van der Waals surface area contributed by atoms with Crippen molar-refractivity contribution in [1.29, 1.82) is 0 Å². The van der Waals surface area contributed by atoms with Crippen LogP contribution < -0.4 is 0 Å². The van der Waals surface area contributed by atoms with Gasteiger partial charge >= 0.3 is 0 Å². The predicted molar refractivity (Wildman–Crippen MR) is 92.5 cm³/mol. The lowest BCUT2D eigenvalue weighted by Gasteiger charge is -2.22. The van der Waals surface area contributed by atoms with Crippen molar-refractivity contribution >= 4 is 17.9 Å². The molecule has 0 aromatic heterocycles. The van der Waals surface area contributed by atoms with Crippen molar-refractivity contribution in [2.75, 3.05) is 13.1 Å². The van der Waals surface area contributed by atoms with E-state index in [1.165, 1.54) is 24.9 Å². The molecular formula is C19H22ClNO. The van der Waals surface area contributed by atoms with Gasteiger partial charge in [-0.2, -0.15) is 0 Å². The van der Waals surface area contributed by atoms with E-state index in [-0.39, 0.29) is 0 Å². The number of carbonyl (C=O) groups is 1. The summed E-state index contributed by atoms with van der Waals surface area (Å²) in [7, 11) is 0. The summed E-state index contributed by atoms with van der Waals surface area (Å²) in [5, 5.41) is 0.829. The molecule has 22 heavy (non-hydrogen) atoms. The molecule has 0 amide bonds. The third-order valence-corrected chi connectivity index (χ3v) is 4.21. The van der Waals surface area contributed by atoms with E-state index in [0.717, 1.165) is 23.4 Å². The van der Waals surface area contributed by atoms with Gasteiger partial charge in [-0.3, -0.25) is 9.69 Å². The number of likely N-dealkylation sites (tertiary alicyclic amines) is 1. The van der Waals surface area contributed by atoms with E-state index in [2.05, 4.69) is 24.0 Å². The normalized spacial score (nSPS) is 17.6. The van der Waals surface area contributed by atoms with Gasteiger partial charge in [0.1, 0.15) is 6.29 Å². The molecule has 1 unspecified atom stereocenters. The summed E-state index contributed by atoms with van der Waals surface area (Å²) in [4.78, 5) is 12.5. The summed E-state index contributed by atoms with van der Waals surface area (Å²) >= 11 is 5.88. The SMILES string of the molecule is CCN1CCCC1c1ccc(Cl)cc1.O=Cc1ccccc1. The highest BCUT2D eigenvalue weighted by Gasteiger charge is 2.23. The van der Waals surface area contributed by atoms with Crippen LogP contribution in [0.4, 0.5) is 0 Å². The van der Waals surface area contributed by atoms with Crippen molar-refractivity contribution in [2.24, 2.45) is 0 Å². The van der Waals surface area contributed by atoms with E-state index in [1.54, 1.807) is 12.1 Å². The molecule has 1 aliphatic heterocycles. The van der Waals surface area contributed by atoms with Gasteiger partial charge in [-0.15, -0.1) is 0 Å². The van der Waals surface area contributed by atoms with Crippen LogP contribution in [-0.2, 0) is 0 Å². The van der Waals surface area contributed by atoms with Gasteiger partial charge in [0.05, 0.1) is 0 Å². The standard InChI is InChI=1S/C12H16ClN.C7H6O/c1-2-14-9-3-4-12(14)10-5-7-11(13)8-6-10;8-6-7-4-2-1-3-5-7/h5-8,12H,2-4,9H2,1H3;1-6H. The number of halogens is 1. The van der Waals surface area contributed by atoms with Crippen molar-refractivity contribution in [1.82, 2.24) is 4.90 Å². The van der Waals surface area contributed by atoms with Gasteiger partial charge < -0.3 is 0 Å². The maximum Gasteiger partial charge on any atom is 0.150 e. The minimum Gasteiger partial charge on any atom is -0.298 e. The summed E-state index contributed by atoms with van der Waals surface area (Å²) in [6.45, 7) is 4.62. The van der Waals surface area contributed by atoms with Gasteiger partial charge in [-0.05, 0) is 43.6 Å². The number of carbonyl (C=O) groups excluding carboxylic acids is 1. The van der Waals surface area contributed by atoms with Crippen LogP contribution in [0.3, 0.4) is 0 Å². The second kappa shape index (κ2) is 8.72. The second-order valence-electron chi connectivity index (χ2n) is 5.37. The Morgan fingerprint density at radius 3 is 2.36 bits per heavy atom. The number of benzene rings is 2. The Balaban J connectivity index is 0.000000188. The molecule has 2 aromatic rings. The molecule has 1 fully saturated rings. The van der Waals surface area contributed by atoms with Gasteiger partial charge in [-0.25, -0.2) is 0 Å². The third kappa shape index (κ3) is 4.69. The monoisotopic (exact) mass is 315 g/mol. The Labute approximate surface area is 137 Å². The molecular weight excluding hydrogens is 294 g/mol. The summed E-state index contributed by atoms with van der Waals surface area (Å²) in [6.07, 6.45) is 3.44. The second-order valence-corrected chi connectivity index (χ2v) is 5.80. The Bertz CT molecular complexity index is 568. The quantitative estimate of drug-likeness (QED) is 0.743. The molecule has 0 radical (unpaired) electrons. The van der Waals surface area contributed by atoms with Gasteiger partial charge in [0, 0.05) is 16.6 Å². The lowest BCUT2D eigenvalue weighted by atomic mass is 10.0. The minimum atomic E-state index is 0.622. The molecule has 1 atom stereocenters. The first-order valence-corrected chi connectivity index (χ1v) is 8.12. The smallest absolute Gasteiger partial charge is 0.150 e. The first-order chi connectivity index (χ1) is 10.7. The van der Waals surface area contributed by atoms with Crippen LogP contribution in [0.1, 0.15) is 41.7 Å². The number of rotatable bonds is 3. The molecule has 0 N–H and O–H groups in total. The van der Waals surface area contributed by atoms with E-state index in [9.17, 15) is 4.79 Å². The van der Waals surface area contributed by atoms with Crippen molar-refractivity contribution in [2.45, 2.75) is 25.8 Å². The Kier molecular flexibility index (Phi) is 6.63. The van der Waals surface area contributed by atoms with E-state index >= 15 is 0 Å². The van der Waals surface area contributed by atoms with Crippen molar-refractivity contribution in [3.05, 3.63) is 70.7 Å². The van der Waals surface area contributed by atoms with Crippen LogP contribution in [-0.4, -0.2) is 24.3 Å². The largest absolute Gasteiger partial charge is 0.298 e. The van der Waals surface area contributed by atoms with Crippen LogP contribution in [0.15, 0.2) is 54.6 Å². The fraction of sp³-hybridized carbons (Fsp3) is 0.316. The zero-order valence-corrected chi connectivity index (χ0v) is 13.7. The summed E-state index contributed by atoms with van der Waals surface area (Å²) in [5.41, 5.74) is 2.14. The highest BCUT2D eigenvalue weighted by Crippen LogP contribution is 2.31. The molecule has 2 nitrogen and oxygen atoms in total. The highest BCUT2D eigenvalue weighted by molar-refractivity contribution is 6.30. The molecule has 0 aliphatic carbocycles. The van der Waals surface area contributed by atoms with Crippen molar-refractivity contribution < 1.29 is 4.79 Å². The van der Waals surface area contributed by atoms with E-state index in [0.29, 0.717) is 6.04 Å². The molecule has 0 saturated carbocycles. The van der Waals surface area contributed by atoms with Gasteiger partial charge in [0.2, 0.25) is 0 Å². The molecule has 2 aromatic carbocycles. The predicted octanol–water partition coefficient (Wildman–Crippen LogP) is 5.00. The van der Waals surface area contributed by atoms with Crippen LogP contribution >= 0.6 is 11.6 Å². The third-order valence-electron chi connectivity index (χ3n) is 3.96. The van der Waals surface area contributed by atoms with Crippen LogP contribution in [0.25, 0.3) is 0 Å². The van der Waals surface area contributed by atoms with Crippen LogP contribution in [0.2, 0.25) is 5.02 Å². The molecule has 0 bridgehead atoms. The number of aldehydes is 1. The first kappa shape index (κ1) is 16.7. The Hall–Kier alpha value is -1.64. The van der Waals surface area contributed by atoms with Gasteiger partial charge in [0.15, 0.2) is 0 Å². The minimum absolute atomic E-state index is 0.622. The van der Waals surface area contributed by atoms with Gasteiger partial charge in [-0.1, -0.05) is 61.0 Å². The zero-order valence-electron chi connectivity index (χ0n) is 12.9. The number of nitrogens with zero attached hydrogens (tertiary/aromatic N) is 1. The average molecular weight is 316 g/mol. The fourth-order valence-corrected chi connectivity index (χ4v) is 2.92. The van der Waals surface area contributed by atoms with E-state index < -0.39 is 0 Å². The average Bonchev–Trinajstić information content (AvgIpc) is 3.05. The van der Waals surface area contributed by atoms with Crippen LogP contribution in [0.5, 0.6) is 0 Å². The maximum absolute atomic E-state index is 10.0. The van der Waals surface area contributed by atoms with Gasteiger partial charge in [0.25, 0.3) is 0 Å². The van der Waals surface area contributed by atoms with E-state index in [1.807, 2.05) is 30.3 Å². The van der Waals surface area contributed by atoms with Crippen molar-refractivity contribution in [3.63, 3.8) is 0 Å². The summed E-state index contributed by atoms with van der Waals surface area (Å²) in [5.74, 6) is 0. The molecule has 116 valence electrons. The fourth-order valence-electron chi connectivity index (χ4n) is 2.80. The van der Waals surface area contributed by atoms with Crippen molar-refractivity contribution in [3.8, 4) is 0 Å². The lowest BCUT2D eigenvalue weighted by Crippen LogP contribution is -2.22. The lowest BCUT2D eigenvalue weighted by molar-refractivity contribution is 0.112. The highest BCUT2D eigenvalue weighted by atomic mass is 35.5. The molecule has 0 spiro atoms. The maximum atomic E-state index is 10.0. The molecule has 1 saturated heterocycles. The summed E-state index contributed by atoms with van der Waals surface area (Å²) < 4.78 is 0. The zero-order chi connectivity index (χ0) is 15.8. The Morgan fingerprint density at radius 1 is 1.14 bits per heavy atom. The topological polar surface area (TPSA) is 20.3 Å². The van der Waals surface area contributed by atoms with Crippen LogP contribution in [0, 0.1) is 0 Å². The Morgan fingerprint density at radius 2 is 1.82 bits per heavy atom. The summed E-state index contributed by atoms with van der Waals surface area (Å²) in [6, 6.07) is 18.0. The molecule has 1 aliphatic rings. The van der Waals surface area contributed by atoms with E-state index in [4.69, 9.17) is 11.6 Å². The molecule has 3 heteroatoms. The number of hydrogen-bond donors (Lipinski definition) is 0. The molecule has 1 heterocycles.